The van der Waals surface area contributed by atoms with E-state index >= 15 is 0 Å². The van der Waals surface area contributed by atoms with Crippen molar-refractivity contribution in [2.75, 3.05) is 7.11 Å². The first kappa shape index (κ1) is 27.1. The summed E-state index contributed by atoms with van der Waals surface area (Å²) < 4.78 is 25.6. The number of esters is 1. The van der Waals surface area contributed by atoms with Crippen LogP contribution < -0.4 is 14.9 Å². The lowest BCUT2D eigenvalue weighted by molar-refractivity contribution is 0.0730. The Hall–Kier alpha value is -4.47. The molecule has 0 spiro atoms. The van der Waals surface area contributed by atoms with Crippen molar-refractivity contribution in [3.8, 4) is 22.6 Å². The van der Waals surface area contributed by atoms with Crippen molar-refractivity contribution in [1.29, 1.82) is 0 Å². The van der Waals surface area contributed by atoms with Crippen LogP contribution in [0.25, 0.3) is 22.0 Å². The van der Waals surface area contributed by atoms with E-state index in [1.54, 1.807) is 36.4 Å². The van der Waals surface area contributed by atoms with Gasteiger partial charge < -0.3 is 14.5 Å². The standard InChI is InChI=1S/C30H20BrClFN3O4/c1-39-26-12-8-20(32)14-23(26)30(38)40-25-11-7-19(31)13-18(25)16-34-36-29(37)28-27(17-5-3-2-4-6-17)22-15-21(33)9-10-24(22)35-28/h2-16,35H,1H3,(H,36,37). The summed E-state index contributed by atoms with van der Waals surface area (Å²) in [6.45, 7) is 0. The van der Waals surface area contributed by atoms with Crippen LogP contribution in [0.1, 0.15) is 26.4 Å². The summed E-state index contributed by atoms with van der Waals surface area (Å²) in [7, 11) is 1.44. The van der Waals surface area contributed by atoms with Gasteiger partial charge in [0.15, 0.2) is 0 Å². The fraction of sp³-hybridized carbons (Fsp3) is 0.0333. The maximum Gasteiger partial charge on any atom is 0.347 e. The van der Waals surface area contributed by atoms with Crippen molar-refractivity contribution in [2.24, 2.45) is 5.10 Å². The number of hydrogen-bond acceptors (Lipinski definition) is 5. The molecule has 5 rings (SSSR count). The molecule has 10 heteroatoms. The van der Waals surface area contributed by atoms with E-state index < -0.39 is 17.7 Å². The number of amides is 1. The van der Waals surface area contributed by atoms with Crippen molar-refractivity contribution in [2.45, 2.75) is 0 Å². The molecule has 0 bridgehead atoms. The van der Waals surface area contributed by atoms with Crippen LogP contribution >= 0.6 is 27.5 Å². The number of H-pyrrole nitrogens is 1. The van der Waals surface area contributed by atoms with Gasteiger partial charge in [0, 0.05) is 31.5 Å². The second-order valence-electron chi connectivity index (χ2n) is 8.55. The molecular weight excluding hydrogens is 601 g/mol. The zero-order valence-corrected chi connectivity index (χ0v) is 23.2. The summed E-state index contributed by atoms with van der Waals surface area (Å²) in [4.78, 5) is 29.2. The molecule has 1 heterocycles. The van der Waals surface area contributed by atoms with Gasteiger partial charge >= 0.3 is 5.97 Å². The van der Waals surface area contributed by atoms with E-state index in [4.69, 9.17) is 21.1 Å². The molecule has 0 saturated carbocycles. The molecule has 0 saturated heterocycles. The smallest absolute Gasteiger partial charge is 0.347 e. The molecule has 200 valence electrons. The Morgan fingerprint density at radius 2 is 1.77 bits per heavy atom. The van der Waals surface area contributed by atoms with Crippen molar-refractivity contribution in [3.05, 3.63) is 117 Å². The monoisotopic (exact) mass is 619 g/mol. The number of aromatic nitrogens is 1. The fourth-order valence-electron chi connectivity index (χ4n) is 4.16. The van der Waals surface area contributed by atoms with Gasteiger partial charge in [-0.25, -0.2) is 14.6 Å². The molecule has 1 amide bonds. The Balaban J connectivity index is 1.42. The quantitative estimate of drug-likeness (QED) is 0.0859. The molecule has 0 aliphatic heterocycles. The SMILES string of the molecule is COc1ccc(Cl)cc1C(=O)Oc1ccc(Br)cc1C=NNC(=O)c1[nH]c2ccc(F)cc2c1-c1ccccc1. The first-order chi connectivity index (χ1) is 19.3. The van der Waals surface area contributed by atoms with E-state index in [0.29, 0.717) is 37.3 Å². The van der Waals surface area contributed by atoms with Crippen LogP contribution in [0.4, 0.5) is 4.39 Å². The Kier molecular flexibility index (Phi) is 7.95. The lowest BCUT2D eigenvalue weighted by Crippen LogP contribution is -2.19. The van der Waals surface area contributed by atoms with Crippen LogP contribution in [0.5, 0.6) is 11.5 Å². The lowest BCUT2D eigenvalue weighted by atomic mass is 10.0. The van der Waals surface area contributed by atoms with Crippen molar-refractivity contribution < 1.29 is 23.5 Å². The maximum atomic E-state index is 14.1. The van der Waals surface area contributed by atoms with Gasteiger partial charge in [0.05, 0.1) is 13.3 Å². The Morgan fingerprint density at radius 3 is 2.55 bits per heavy atom. The third-order valence-corrected chi connectivity index (χ3v) is 6.70. The topological polar surface area (TPSA) is 92.8 Å². The van der Waals surface area contributed by atoms with E-state index in [1.165, 1.54) is 31.5 Å². The van der Waals surface area contributed by atoms with E-state index in [0.717, 1.165) is 5.56 Å². The molecule has 40 heavy (non-hydrogen) atoms. The summed E-state index contributed by atoms with van der Waals surface area (Å²) in [6.07, 6.45) is 1.35. The van der Waals surface area contributed by atoms with Gasteiger partial charge in [0.2, 0.25) is 0 Å². The van der Waals surface area contributed by atoms with Crippen molar-refractivity contribution in [3.63, 3.8) is 0 Å². The molecular formula is C30H20BrClFN3O4. The molecule has 0 aliphatic carbocycles. The number of hydrazone groups is 1. The molecule has 1 aromatic heterocycles. The van der Waals surface area contributed by atoms with Crippen molar-refractivity contribution in [1.82, 2.24) is 10.4 Å². The largest absolute Gasteiger partial charge is 0.496 e. The number of ether oxygens (including phenoxy) is 2. The Labute approximate surface area is 241 Å². The van der Waals surface area contributed by atoms with Crippen LogP contribution in [-0.2, 0) is 0 Å². The third-order valence-electron chi connectivity index (χ3n) is 5.98. The van der Waals surface area contributed by atoms with Crippen LogP contribution in [0.2, 0.25) is 5.02 Å². The number of rotatable bonds is 7. The van der Waals surface area contributed by atoms with E-state index in [9.17, 15) is 14.0 Å². The average Bonchev–Trinajstić information content (AvgIpc) is 3.33. The highest BCUT2D eigenvalue weighted by molar-refractivity contribution is 9.10. The molecule has 0 fully saturated rings. The van der Waals surface area contributed by atoms with Crippen LogP contribution in [-0.4, -0.2) is 30.2 Å². The molecule has 4 aromatic carbocycles. The van der Waals surface area contributed by atoms with Crippen LogP contribution in [0, 0.1) is 5.82 Å². The minimum absolute atomic E-state index is 0.151. The highest BCUT2D eigenvalue weighted by Gasteiger charge is 2.20. The van der Waals surface area contributed by atoms with Gasteiger partial charge in [-0.3, -0.25) is 4.79 Å². The van der Waals surface area contributed by atoms with Gasteiger partial charge in [-0.15, -0.1) is 0 Å². The Morgan fingerprint density at radius 1 is 1.00 bits per heavy atom. The molecule has 2 N–H and O–H groups in total. The summed E-state index contributed by atoms with van der Waals surface area (Å²) in [5.41, 5.74) is 5.18. The number of methoxy groups -OCH3 is 1. The summed E-state index contributed by atoms with van der Waals surface area (Å²) >= 11 is 9.45. The highest BCUT2D eigenvalue weighted by atomic mass is 79.9. The fourth-order valence-corrected chi connectivity index (χ4v) is 4.71. The number of carbonyl (C=O) groups excluding carboxylic acids is 2. The van der Waals surface area contributed by atoms with Gasteiger partial charge in [0.1, 0.15) is 28.6 Å². The first-order valence-corrected chi connectivity index (χ1v) is 13.1. The minimum atomic E-state index is -0.682. The zero-order valence-electron chi connectivity index (χ0n) is 20.9. The van der Waals surface area contributed by atoms with Gasteiger partial charge in [-0.2, -0.15) is 5.10 Å². The third kappa shape index (κ3) is 5.75. The molecule has 5 aromatic rings. The summed E-state index contributed by atoms with van der Waals surface area (Å²) in [5, 5.41) is 5.01. The highest BCUT2D eigenvalue weighted by Crippen LogP contribution is 2.33. The summed E-state index contributed by atoms with van der Waals surface area (Å²) in [5.74, 6) is -1.14. The number of fused-ring (bicyclic) bond motifs is 1. The van der Waals surface area contributed by atoms with Gasteiger partial charge in [-0.1, -0.05) is 57.9 Å². The summed E-state index contributed by atoms with van der Waals surface area (Å²) in [6, 6.07) is 23.1. The van der Waals surface area contributed by atoms with Crippen LogP contribution in [0.15, 0.2) is 94.5 Å². The lowest BCUT2D eigenvalue weighted by Gasteiger charge is -2.11. The predicted molar refractivity (Wildman–Crippen MR) is 156 cm³/mol. The number of hydrogen-bond donors (Lipinski definition) is 2. The number of carbonyl (C=O) groups is 2. The maximum absolute atomic E-state index is 14.1. The van der Waals surface area contributed by atoms with E-state index in [2.05, 4.69) is 31.4 Å². The second-order valence-corrected chi connectivity index (χ2v) is 9.90. The predicted octanol–water partition coefficient (Wildman–Crippen LogP) is 7.38. The van der Waals surface area contributed by atoms with E-state index in [1.807, 2.05) is 30.3 Å². The molecule has 0 aliphatic rings. The number of benzene rings is 4. The first-order valence-electron chi connectivity index (χ1n) is 11.9. The van der Waals surface area contributed by atoms with Gasteiger partial charge in [0.25, 0.3) is 5.91 Å². The molecule has 7 nitrogen and oxygen atoms in total. The number of nitrogens with one attached hydrogen (secondary N) is 2. The number of aromatic amines is 1. The van der Waals surface area contributed by atoms with Gasteiger partial charge in [-0.05, 0) is 60.2 Å². The molecule has 0 unspecified atom stereocenters. The normalized spacial score (nSPS) is 11.1. The molecule has 0 atom stereocenters. The average molecular weight is 621 g/mol. The zero-order chi connectivity index (χ0) is 28.2. The number of halogens is 3. The Bertz CT molecular complexity index is 1770. The van der Waals surface area contributed by atoms with Crippen molar-refractivity contribution >= 4 is 56.5 Å². The second kappa shape index (κ2) is 11.7. The number of nitrogens with zero attached hydrogens (tertiary/aromatic N) is 1. The van der Waals surface area contributed by atoms with Crippen LogP contribution in [0.3, 0.4) is 0 Å². The van der Waals surface area contributed by atoms with E-state index in [-0.39, 0.29) is 17.0 Å². The molecule has 0 radical (unpaired) electrons. The minimum Gasteiger partial charge on any atom is -0.496 e.